The fraction of sp³-hybridized carbons (Fsp3) is 0.846. The third kappa shape index (κ3) is 1.91. The van der Waals surface area contributed by atoms with Crippen molar-refractivity contribution in [1.82, 2.24) is 4.90 Å². The largest absolute Gasteiger partial charge is 0.383 e. The molecule has 0 radical (unpaired) electrons. The Morgan fingerprint density at radius 3 is 2.82 bits per heavy atom. The summed E-state index contributed by atoms with van der Waals surface area (Å²) in [6, 6.07) is 0. The topological polar surface area (TPSA) is 12.5 Å². The van der Waals surface area contributed by atoms with Crippen LogP contribution in [0, 0.1) is 11.3 Å². The van der Waals surface area contributed by atoms with Gasteiger partial charge in [-0.3, -0.25) is 4.90 Å². The number of hydrogen-bond donors (Lipinski definition) is 0. The molecule has 2 nitrogen and oxygen atoms in total. The van der Waals surface area contributed by atoms with Crippen molar-refractivity contribution in [3.05, 3.63) is 12.2 Å². The van der Waals surface area contributed by atoms with Gasteiger partial charge in [0.2, 0.25) is 0 Å². The highest BCUT2D eigenvalue weighted by molar-refractivity contribution is 5.17. The number of rotatable bonds is 3. The van der Waals surface area contributed by atoms with Gasteiger partial charge in [0.1, 0.15) is 0 Å². The van der Waals surface area contributed by atoms with Gasteiger partial charge in [0.05, 0.1) is 6.61 Å². The number of fused-ring (bicyclic) bond motifs is 1. The monoisotopic (exact) mass is 243 g/mol. The lowest BCUT2D eigenvalue weighted by Crippen LogP contribution is -2.42. The van der Waals surface area contributed by atoms with Crippen molar-refractivity contribution < 1.29 is 13.5 Å². The second kappa shape index (κ2) is 3.75. The van der Waals surface area contributed by atoms with Crippen LogP contribution in [-0.4, -0.2) is 37.2 Å². The van der Waals surface area contributed by atoms with E-state index in [4.69, 9.17) is 4.74 Å². The van der Waals surface area contributed by atoms with E-state index in [0.717, 1.165) is 32.0 Å². The molecule has 0 unspecified atom stereocenters. The van der Waals surface area contributed by atoms with E-state index in [-0.39, 0.29) is 11.5 Å². The van der Waals surface area contributed by atoms with E-state index in [1.807, 2.05) is 0 Å². The zero-order valence-electron chi connectivity index (χ0n) is 10.2. The third-order valence-electron chi connectivity index (χ3n) is 4.73. The lowest BCUT2D eigenvalue weighted by molar-refractivity contribution is 0.0651. The van der Waals surface area contributed by atoms with Gasteiger partial charge in [0.15, 0.2) is 0 Å². The van der Waals surface area contributed by atoms with E-state index < -0.39 is 6.08 Å². The van der Waals surface area contributed by atoms with E-state index in [0.29, 0.717) is 12.0 Å². The Kier molecular flexibility index (Phi) is 2.56. The molecule has 0 bridgehead atoms. The molecule has 2 atom stereocenters. The van der Waals surface area contributed by atoms with Crippen LogP contribution in [0.4, 0.5) is 8.78 Å². The van der Waals surface area contributed by atoms with Crippen LogP contribution in [0.2, 0.25) is 0 Å². The van der Waals surface area contributed by atoms with Gasteiger partial charge in [-0.05, 0) is 43.1 Å². The Bertz CT molecular complexity index is 349. The Labute approximate surface area is 101 Å². The first kappa shape index (κ1) is 11.6. The summed E-state index contributed by atoms with van der Waals surface area (Å²) >= 11 is 0. The van der Waals surface area contributed by atoms with Crippen LogP contribution in [0.1, 0.15) is 25.7 Å². The highest BCUT2D eigenvalue weighted by Gasteiger charge is 2.61. The lowest BCUT2D eigenvalue weighted by atomic mass is 9.86. The lowest BCUT2D eigenvalue weighted by Gasteiger charge is -2.30. The molecule has 3 fully saturated rings. The van der Waals surface area contributed by atoms with E-state index in [1.165, 1.54) is 12.8 Å². The Balaban J connectivity index is 1.77. The number of nitrogens with zero attached hydrogens (tertiary/aromatic N) is 1. The van der Waals surface area contributed by atoms with Gasteiger partial charge in [-0.2, -0.15) is 8.78 Å². The number of hydrogen-bond acceptors (Lipinski definition) is 2. The van der Waals surface area contributed by atoms with Crippen LogP contribution in [0.3, 0.4) is 0 Å². The van der Waals surface area contributed by atoms with E-state index in [2.05, 4.69) is 4.90 Å². The average Bonchev–Trinajstić information content (AvgIpc) is 2.78. The smallest absolute Gasteiger partial charge is 0.266 e. The number of ether oxygens (including phenoxy) is 1. The number of halogens is 2. The molecule has 0 aromatic rings. The maximum atomic E-state index is 12.3. The number of methoxy groups -OCH3 is 1. The molecule has 2 saturated heterocycles. The summed E-state index contributed by atoms with van der Waals surface area (Å²) < 4.78 is 30.1. The zero-order chi connectivity index (χ0) is 12.1. The summed E-state index contributed by atoms with van der Waals surface area (Å²) in [5.74, 6) is 0.00579. The summed E-state index contributed by atoms with van der Waals surface area (Å²) in [5.41, 5.74) is 0.559. The summed E-state index contributed by atoms with van der Waals surface area (Å²) in [5, 5.41) is 0. The molecule has 2 heterocycles. The second-order valence-corrected chi connectivity index (χ2v) is 6.14. The quantitative estimate of drug-likeness (QED) is 0.755. The standard InChI is InChI=1S/C13H19F2NO/c1-17-9-13-5-10(4-11(14)15)6-16(13)8-12(7-13)2-3-12/h4,10H,2-3,5-9H2,1H3/t10-,13-/m0/s1. The maximum absolute atomic E-state index is 12.3. The highest BCUT2D eigenvalue weighted by Crippen LogP contribution is 2.61. The molecule has 1 spiro atoms. The van der Waals surface area contributed by atoms with Crippen molar-refractivity contribution >= 4 is 0 Å². The molecule has 1 aliphatic carbocycles. The molecule has 4 heteroatoms. The molecule has 17 heavy (non-hydrogen) atoms. The Morgan fingerprint density at radius 2 is 2.24 bits per heavy atom. The molecular weight excluding hydrogens is 224 g/mol. The fourth-order valence-electron chi connectivity index (χ4n) is 4.00. The second-order valence-electron chi connectivity index (χ2n) is 6.14. The Hall–Kier alpha value is -0.480. The molecule has 1 saturated carbocycles. The predicted octanol–water partition coefficient (Wildman–Crippen LogP) is 2.66. The first-order chi connectivity index (χ1) is 8.07. The molecule has 3 rings (SSSR count). The minimum atomic E-state index is -1.54. The van der Waals surface area contributed by atoms with Crippen LogP contribution in [0.5, 0.6) is 0 Å². The third-order valence-corrected chi connectivity index (χ3v) is 4.73. The van der Waals surface area contributed by atoms with Gasteiger partial charge in [-0.15, -0.1) is 0 Å². The van der Waals surface area contributed by atoms with E-state index >= 15 is 0 Å². The van der Waals surface area contributed by atoms with Crippen LogP contribution >= 0.6 is 0 Å². The molecule has 0 aromatic carbocycles. The summed E-state index contributed by atoms with van der Waals surface area (Å²) in [7, 11) is 1.71. The van der Waals surface area contributed by atoms with Gasteiger partial charge in [0.25, 0.3) is 6.08 Å². The van der Waals surface area contributed by atoms with Crippen molar-refractivity contribution in [1.29, 1.82) is 0 Å². The van der Waals surface area contributed by atoms with Gasteiger partial charge in [0, 0.05) is 25.7 Å². The summed E-state index contributed by atoms with van der Waals surface area (Å²) in [6.45, 7) is 2.56. The van der Waals surface area contributed by atoms with Crippen molar-refractivity contribution in [2.45, 2.75) is 31.2 Å². The summed E-state index contributed by atoms with van der Waals surface area (Å²) in [6.07, 6.45) is 4.20. The minimum Gasteiger partial charge on any atom is -0.383 e. The van der Waals surface area contributed by atoms with Crippen LogP contribution in [0.15, 0.2) is 12.2 Å². The minimum absolute atomic E-state index is 0.00579. The van der Waals surface area contributed by atoms with Crippen molar-refractivity contribution in [2.75, 3.05) is 26.8 Å². The van der Waals surface area contributed by atoms with Gasteiger partial charge in [-0.1, -0.05) is 0 Å². The van der Waals surface area contributed by atoms with Gasteiger partial charge >= 0.3 is 0 Å². The van der Waals surface area contributed by atoms with Crippen LogP contribution in [-0.2, 0) is 4.74 Å². The highest BCUT2D eigenvalue weighted by atomic mass is 19.3. The first-order valence-electron chi connectivity index (χ1n) is 6.34. The molecular formula is C13H19F2NO. The van der Waals surface area contributed by atoms with Gasteiger partial charge < -0.3 is 4.74 Å². The predicted molar refractivity (Wildman–Crippen MR) is 60.9 cm³/mol. The molecule has 2 aliphatic heterocycles. The fourth-order valence-corrected chi connectivity index (χ4v) is 4.00. The van der Waals surface area contributed by atoms with Crippen LogP contribution in [0.25, 0.3) is 0 Å². The van der Waals surface area contributed by atoms with Crippen molar-refractivity contribution in [2.24, 2.45) is 11.3 Å². The van der Waals surface area contributed by atoms with Crippen LogP contribution < -0.4 is 0 Å². The molecule has 0 N–H and O–H groups in total. The van der Waals surface area contributed by atoms with Crippen molar-refractivity contribution in [3.8, 4) is 0 Å². The van der Waals surface area contributed by atoms with Crippen molar-refractivity contribution in [3.63, 3.8) is 0 Å². The van der Waals surface area contributed by atoms with E-state index in [9.17, 15) is 8.78 Å². The summed E-state index contributed by atoms with van der Waals surface area (Å²) in [4.78, 5) is 2.41. The molecule has 96 valence electrons. The molecule has 3 aliphatic rings. The normalized spacial score (nSPS) is 38.4. The molecule has 0 amide bonds. The first-order valence-corrected chi connectivity index (χ1v) is 6.34. The Morgan fingerprint density at radius 1 is 1.47 bits per heavy atom. The van der Waals surface area contributed by atoms with Gasteiger partial charge in [-0.25, -0.2) is 0 Å². The average molecular weight is 243 g/mol. The van der Waals surface area contributed by atoms with E-state index in [1.54, 1.807) is 7.11 Å². The zero-order valence-corrected chi connectivity index (χ0v) is 10.2. The molecule has 0 aromatic heterocycles. The SMILES string of the molecule is COC[C@@]12C[C@H](C=C(F)F)CN1CC1(CC1)C2. The maximum Gasteiger partial charge on any atom is 0.266 e.